The molecule has 5 nitrogen and oxygen atoms in total. The Morgan fingerprint density at radius 2 is 2.11 bits per heavy atom. The van der Waals surface area contributed by atoms with E-state index in [1.165, 1.54) is 7.11 Å². The number of benzene rings is 1. The third-order valence-electron chi connectivity index (χ3n) is 2.33. The lowest BCUT2D eigenvalue weighted by Crippen LogP contribution is -2.26. The van der Waals surface area contributed by atoms with E-state index in [1.54, 1.807) is 25.1 Å². The number of nitrogens with one attached hydrogen (secondary N) is 1. The number of methoxy groups -OCH3 is 1. The van der Waals surface area contributed by atoms with Crippen LogP contribution in [0.3, 0.4) is 0 Å². The van der Waals surface area contributed by atoms with E-state index >= 15 is 0 Å². The predicted molar refractivity (Wildman–Crippen MR) is 71.6 cm³/mol. The van der Waals surface area contributed by atoms with Crippen LogP contribution in [0.25, 0.3) is 0 Å². The molecule has 0 fully saturated rings. The molecule has 19 heavy (non-hydrogen) atoms. The van der Waals surface area contributed by atoms with Gasteiger partial charge in [0.2, 0.25) is 0 Å². The fourth-order valence-electron chi connectivity index (χ4n) is 1.46. The van der Waals surface area contributed by atoms with Crippen molar-refractivity contribution in [3.63, 3.8) is 0 Å². The minimum atomic E-state index is -0.342. The van der Waals surface area contributed by atoms with Crippen LogP contribution in [0, 0.1) is 0 Å². The third-order valence-corrected chi connectivity index (χ3v) is 2.56. The van der Waals surface area contributed by atoms with Crippen LogP contribution in [-0.2, 0) is 9.53 Å². The first-order chi connectivity index (χ1) is 9.08. The monoisotopic (exact) mass is 285 g/mol. The molecule has 0 aliphatic rings. The Bertz CT molecular complexity index is 462. The van der Waals surface area contributed by atoms with Crippen molar-refractivity contribution in [1.82, 2.24) is 5.32 Å². The molecule has 6 heteroatoms. The molecule has 1 amide bonds. The summed E-state index contributed by atoms with van der Waals surface area (Å²) in [5, 5.41) is 3.11. The fourth-order valence-corrected chi connectivity index (χ4v) is 1.62. The maximum absolute atomic E-state index is 11.9. The summed E-state index contributed by atoms with van der Waals surface area (Å²) >= 11 is 5.81. The highest BCUT2D eigenvalue weighted by Gasteiger charge is 2.12. The van der Waals surface area contributed by atoms with Crippen LogP contribution in [0.1, 0.15) is 23.7 Å². The van der Waals surface area contributed by atoms with E-state index in [0.29, 0.717) is 22.9 Å². The topological polar surface area (TPSA) is 64.6 Å². The smallest absolute Gasteiger partial charge is 0.307 e. The molecule has 1 N–H and O–H groups in total. The second-order valence-corrected chi connectivity index (χ2v) is 4.09. The highest BCUT2D eigenvalue weighted by atomic mass is 35.5. The van der Waals surface area contributed by atoms with Gasteiger partial charge in [-0.1, -0.05) is 11.6 Å². The Hall–Kier alpha value is -1.75. The third kappa shape index (κ3) is 4.79. The minimum absolute atomic E-state index is 0.134. The van der Waals surface area contributed by atoms with Gasteiger partial charge in [0.05, 0.1) is 25.7 Å². The van der Waals surface area contributed by atoms with Crippen LogP contribution in [-0.4, -0.2) is 32.1 Å². The van der Waals surface area contributed by atoms with E-state index in [9.17, 15) is 9.59 Å². The number of ether oxygens (including phenoxy) is 2. The molecular formula is C13H16ClNO4. The summed E-state index contributed by atoms with van der Waals surface area (Å²) in [4.78, 5) is 23.0. The molecule has 104 valence electrons. The van der Waals surface area contributed by atoms with E-state index in [-0.39, 0.29) is 24.8 Å². The lowest BCUT2D eigenvalue weighted by Gasteiger charge is -2.09. The van der Waals surface area contributed by atoms with Gasteiger partial charge >= 0.3 is 5.97 Å². The highest BCUT2D eigenvalue weighted by Crippen LogP contribution is 2.22. The van der Waals surface area contributed by atoms with Crippen molar-refractivity contribution < 1.29 is 19.1 Å². The molecular weight excluding hydrogens is 270 g/mol. The summed E-state index contributed by atoms with van der Waals surface area (Å²) < 4.78 is 9.83. The molecule has 0 unspecified atom stereocenters. The molecule has 1 aromatic rings. The minimum Gasteiger partial charge on any atom is -0.496 e. The first kappa shape index (κ1) is 15.3. The summed E-state index contributed by atoms with van der Waals surface area (Å²) in [7, 11) is 1.46. The van der Waals surface area contributed by atoms with E-state index in [0.717, 1.165) is 0 Å². The van der Waals surface area contributed by atoms with Gasteiger partial charge in [-0.2, -0.15) is 0 Å². The van der Waals surface area contributed by atoms with Crippen molar-refractivity contribution in [3.8, 4) is 5.75 Å². The van der Waals surface area contributed by atoms with Crippen molar-refractivity contribution >= 4 is 23.5 Å². The van der Waals surface area contributed by atoms with E-state index in [2.05, 4.69) is 5.32 Å². The second-order valence-electron chi connectivity index (χ2n) is 3.66. The van der Waals surface area contributed by atoms with Crippen LogP contribution in [0.15, 0.2) is 18.2 Å². The van der Waals surface area contributed by atoms with Gasteiger partial charge in [-0.05, 0) is 25.1 Å². The molecule has 1 rings (SSSR count). The normalized spacial score (nSPS) is 9.84. The molecule has 0 aliphatic heterocycles. The number of esters is 1. The lowest BCUT2D eigenvalue weighted by molar-refractivity contribution is -0.142. The zero-order chi connectivity index (χ0) is 14.3. The Morgan fingerprint density at radius 1 is 1.37 bits per heavy atom. The van der Waals surface area contributed by atoms with Crippen LogP contribution in [0.5, 0.6) is 5.75 Å². The van der Waals surface area contributed by atoms with E-state index < -0.39 is 0 Å². The summed E-state index contributed by atoms with van der Waals surface area (Å²) in [5.41, 5.74) is 0.371. The van der Waals surface area contributed by atoms with Gasteiger partial charge in [-0.3, -0.25) is 9.59 Å². The summed E-state index contributed by atoms with van der Waals surface area (Å²) in [6.07, 6.45) is 0.134. The zero-order valence-corrected chi connectivity index (χ0v) is 11.6. The van der Waals surface area contributed by atoms with Gasteiger partial charge < -0.3 is 14.8 Å². The first-order valence-electron chi connectivity index (χ1n) is 5.85. The van der Waals surface area contributed by atoms with Crippen LogP contribution in [0.2, 0.25) is 5.02 Å². The number of halogens is 1. The number of carbonyl (C=O) groups is 2. The van der Waals surface area contributed by atoms with Crippen molar-refractivity contribution in [2.45, 2.75) is 13.3 Å². The molecule has 0 radical (unpaired) electrons. The molecule has 0 bridgehead atoms. The van der Waals surface area contributed by atoms with Gasteiger partial charge in [0.25, 0.3) is 5.91 Å². The number of rotatable bonds is 6. The number of hydrogen-bond donors (Lipinski definition) is 1. The molecule has 0 saturated carbocycles. The highest BCUT2D eigenvalue weighted by molar-refractivity contribution is 6.30. The molecule has 0 spiro atoms. The zero-order valence-electron chi connectivity index (χ0n) is 10.9. The Labute approximate surface area is 116 Å². The number of amides is 1. The largest absolute Gasteiger partial charge is 0.496 e. The Morgan fingerprint density at radius 3 is 2.74 bits per heavy atom. The average molecular weight is 286 g/mol. The molecule has 0 saturated heterocycles. The van der Waals surface area contributed by atoms with Gasteiger partial charge in [-0.15, -0.1) is 0 Å². The molecule has 0 atom stereocenters. The number of carbonyl (C=O) groups excluding carboxylic acids is 2. The average Bonchev–Trinajstić information content (AvgIpc) is 2.38. The summed E-state index contributed by atoms with van der Waals surface area (Å²) in [6.45, 7) is 2.27. The fraction of sp³-hybridized carbons (Fsp3) is 0.385. The summed E-state index contributed by atoms with van der Waals surface area (Å²) in [5.74, 6) is -0.273. The maximum atomic E-state index is 11.9. The van der Waals surface area contributed by atoms with E-state index in [4.69, 9.17) is 21.1 Å². The van der Waals surface area contributed by atoms with Gasteiger partial charge in [-0.25, -0.2) is 0 Å². The molecule has 1 aromatic carbocycles. The van der Waals surface area contributed by atoms with Crippen molar-refractivity contribution in [2.24, 2.45) is 0 Å². The summed E-state index contributed by atoms with van der Waals surface area (Å²) in [6, 6.07) is 4.73. The van der Waals surface area contributed by atoms with Crippen molar-refractivity contribution in [1.29, 1.82) is 0 Å². The molecule has 0 aromatic heterocycles. The SMILES string of the molecule is CCOC(=O)CCNC(=O)c1ccc(Cl)cc1OC. The Balaban J connectivity index is 2.56. The van der Waals surface area contributed by atoms with Gasteiger partial charge in [0, 0.05) is 11.6 Å². The predicted octanol–water partition coefficient (Wildman–Crippen LogP) is 2.03. The van der Waals surface area contributed by atoms with Crippen molar-refractivity contribution in [2.75, 3.05) is 20.3 Å². The van der Waals surface area contributed by atoms with Gasteiger partial charge in [0.15, 0.2) is 0 Å². The van der Waals surface area contributed by atoms with Crippen LogP contribution in [0.4, 0.5) is 0 Å². The van der Waals surface area contributed by atoms with Crippen LogP contribution >= 0.6 is 11.6 Å². The second kappa shape index (κ2) is 7.63. The lowest BCUT2D eigenvalue weighted by atomic mass is 10.2. The van der Waals surface area contributed by atoms with E-state index in [1.807, 2.05) is 0 Å². The first-order valence-corrected chi connectivity index (χ1v) is 6.23. The maximum Gasteiger partial charge on any atom is 0.307 e. The Kier molecular flexibility index (Phi) is 6.15. The van der Waals surface area contributed by atoms with Crippen LogP contribution < -0.4 is 10.1 Å². The van der Waals surface area contributed by atoms with Gasteiger partial charge in [0.1, 0.15) is 5.75 Å². The van der Waals surface area contributed by atoms with Crippen molar-refractivity contribution in [3.05, 3.63) is 28.8 Å². The molecule has 0 heterocycles. The standard InChI is InChI=1S/C13H16ClNO4/c1-3-19-12(16)6-7-15-13(17)10-5-4-9(14)8-11(10)18-2/h4-5,8H,3,6-7H2,1-2H3,(H,15,17). The molecule has 0 aliphatic carbocycles. The quantitative estimate of drug-likeness (QED) is 0.812. The number of hydrogen-bond acceptors (Lipinski definition) is 4.